The van der Waals surface area contributed by atoms with Crippen molar-refractivity contribution in [2.75, 3.05) is 44.7 Å². The lowest BCUT2D eigenvalue weighted by Crippen LogP contribution is -2.45. The molecule has 196 valence electrons. The van der Waals surface area contributed by atoms with Crippen molar-refractivity contribution in [3.63, 3.8) is 0 Å². The molecule has 0 aliphatic carbocycles. The van der Waals surface area contributed by atoms with E-state index in [0.29, 0.717) is 31.4 Å². The van der Waals surface area contributed by atoms with Gasteiger partial charge in [0.2, 0.25) is 0 Å². The Balaban J connectivity index is 1.53. The third-order valence-electron chi connectivity index (χ3n) is 6.28. The van der Waals surface area contributed by atoms with E-state index < -0.39 is 5.97 Å². The van der Waals surface area contributed by atoms with E-state index in [0.717, 1.165) is 48.3 Å². The van der Waals surface area contributed by atoms with Gasteiger partial charge < -0.3 is 19.9 Å². The maximum absolute atomic E-state index is 12.9. The number of hydrogen-bond acceptors (Lipinski definition) is 8. The molecule has 2 aromatic carbocycles. The van der Waals surface area contributed by atoms with Crippen molar-refractivity contribution in [3.8, 4) is 0 Å². The second kappa shape index (κ2) is 11.3. The number of ether oxygens (including phenoxy) is 1. The number of piperazine rings is 1. The number of carbonyl (C=O) groups excluding carboxylic acids is 2. The lowest BCUT2D eigenvalue weighted by Gasteiger charge is -2.35. The number of likely N-dealkylation sites (N-methyl/N-ethyl adjacent to an activating group) is 1. The van der Waals surface area contributed by atoms with Crippen LogP contribution in [-0.4, -0.2) is 66.8 Å². The summed E-state index contributed by atoms with van der Waals surface area (Å²) in [4.78, 5) is 39.5. The van der Waals surface area contributed by atoms with Gasteiger partial charge >= 0.3 is 5.97 Å². The van der Waals surface area contributed by atoms with Crippen molar-refractivity contribution >= 4 is 80.4 Å². The van der Waals surface area contributed by atoms with Gasteiger partial charge in [0, 0.05) is 37.8 Å². The molecular formula is C27H25Cl2N5O3S. The Hall–Kier alpha value is -3.11. The molecule has 38 heavy (non-hydrogen) atoms. The zero-order valence-electron chi connectivity index (χ0n) is 20.8. The maximum Gasteiger partial charge on any atom is 0.341 e. The number of amidine groups is 1. The van der Waals surface area contributed by atoms with Crippen molar-refractivity contribution in [2.24, 2.45) is 4.99 Å². The van der Waals surface area contributed by atoms with Crippen LogP contribution in [0.3, 0.4) is 0 Å². The molecule has 1 aromatic heterocycles. The van der Waals surface area contributed by atoms with Crippen molar-refractivity contribution in [1.29, 1.82) is 0 Å². The second-order valence-electron chi connectivity index (χ2n) is 8.86. The Kier molecular flexibility index (Phi) is 7.90. The van der Waals surface area contributed by atoms with Gasteiger partial charge in [0.1, 0.15) is 11.3 Å². The van der Waals surface area contributed by atoms with Crippen LogP contribution < -0.4 is 10.2 Å². The first-order valence-corrected chi connectivity index (χ1v) is 13.7. The quantitative estimate of drug-likeness (QED) is 0.327. The van der Waals surface area contributed by atoms with E-state index in [1.54, 1.807) is 37.4 Å². The molecule has 1 N–H and O–H groups in total. The van der Waals surface area contributed by atoms with Crippen LogP contribution in [-0.2, 0) is 9.53 Å². The number of hydrogen-bond donors (Lipinski definition) is 1. The minimum absolute atomic E-state index is 0.269. The predicted octanol–water partition coefficient (Wildman–Crippen LogP) is 5.36. The molecule has 11 heteroatoms. The van der Waals surface area contributed by atoms with Gasteiger partial charge in [-0.1, -0.05) is 35.3 Å². The van der Waals surface area contributed by atoms with Gasteiger partial charge in [0.25, 0.3) is 5.91 Å². The summed E-state index contributed by atoms with van der Waals surface area (Å²) in [5, 5.41) is 4.78. The van der Waals surface area contributed by atoms with E-state index in [9.17, 15) is 9.59 Å². The van der Waals surface area contributed by atoms with Crippen LogP contribution in [0.2, 0.25) is 10.0 Å². The Morgan fingerprint density at radius 1 is 1.18 bits per heavy atom. The molecule has 2 saturated heterocycles. The maximum atomic E-state index is 12.9. The van der Waals surface area contributed by atoms with Gasteiger partial charge in [-0.25, -0.2) is 9.79 Å². The number of nitrogens with one attached hydrogen (secondary N) is 1. The number of pyridine rings is 1. The topological polar surface area (TPSA) is 87.1 Å². The van der Waals surface area contributed by atoms with Crippen LogP contribution in [0.4, 0.5) is 11.4 Å². The second-order valence-corrected chi connectivity index (χ2v) is 10.7. The molecule has 2 aliphatic heterocycles. The summed E-state index contributed by atoms with van der Waals surface area (Å²) in [6.07, 6.45) is 3.38. The molecular weight excluding hydrogens is 545 g/mol. The first kappa shape index (κ1) is 26.5. The molecule has 0 bridgehead atoms. The number of para-hydroxylation sites is 1. The lowest BCUT2D eigenvalue weighted by atomic mass is 10.0. The molecule has 0 unspecified atom stereocenters. The van der Waals surface area contributed by atoms with Gasteiger partial charge in [-0.15, -0.1) is 0 Å². The van der Waals surface area contributed by atoms with Gasteiger partial charge in [-0.2, -0.15) is 0 Å². The molecule has 2 fully saturated rings. The fourth-order valence-electron chi connectivity index (χ4n) is 4.34. The van der Waals surface area contributed by atoms with Crippen LogP contribution in [0.5, 0.6) is 0 Å². The summed E-state index contributed by atoms with van der Waals surface area (Å²) in [6.45, 7) is 5.37. The number of rotatable bonds is 5. The van der Waals surface area contributed by atoms with E-state index in [4.69, 9.17) is 27.9 Å². The molecule has 0 saturated carbocycles. The van der Waals surface area contributed by atoms with E-state index in [1.807, 2.05) is 18.2 Å². The van der Waals surface area contributed by atoms with Crippen LogP contribution in [0.15, 0.2) is 52.5 Å². The summed E-state index contributed by atoms with van der Waals surface area (Å²) in [6, 6.07) is 10.9. The highest BCUT2D eigenvalue weighted by molar-refractivity contribution is 8.18. The molecule has 1 amide bonds. The highest BCUT2D eigenvalue weighted by Gasteiger charge is 2.26. The van der Waals surface area contributed by atoms with Gasteiger partial charge in [-0.05, 0) is 61.6 Å². The molecule has 3 heterocycles. The van der Waals surface area contributed by atoms with E-state index in [1.165, 1.54) is 11.8 Å². The number of benzene rings is 2. The standard InChI is InChI=1S/C27H25Cl2N5O3S/c1-3-37-26(36)18-15-30-21-8-7-16(13-17(21)24(18)34-11-9-33(2)10-12-34)14-22-25(35)32-27(38-22)31-23-19(28)5-4-6-20(23)29/h4-8,13-15H,3,9-12H2,1-2H3,(H,31,32,35)/b22-14-. The number of amides is 1. The first-order chi connectivity index (χ1) is 18.3. The Bertz CT molecular complexity index is 1460. The Morgan fingerprint density at radius 2 is 1.92 bits per heavy atom. The fraction of sp³-hybridized carbons (Fsp3) is 0.259. The summed E-state index contributed by atoms with van der Waals surface area (Å²) in [5.74, 6) is -0.667. The van der Waals surface area contributed by atoms with E-state index >= 15 is 0 Å². The fourth-order valence-corrected chi connectivity index (χ4v) is 5.65. The normalized spacial score (nSPS) is 18.4. The van der Waals surface area contributed by atoms with Gasteiger partial charge in [-0.3, -0.25) is 9.78 Å². The zero-order valence-corrected chi connectivity index (χ0v) is 23.2. The predicted molar refractivity (Wildman–Crippen MR) is 155 cm³/mol. The van der Waals surface area contributed by atoms with Crippen LogP contribution >= 0.6 is 35.0 Å². The van der Waals surface area contributed by atoms with Gasteiger partial charge in [0.05, 0.1) is 32.8 Å². The molecule has 8 nitrogen and oxygen atoms in total. The monoisotopic (exact) mass is 569 g/mol. The zero-order chi connectivity index (χ0) is 26.8. The minimum Gasteiger partial charge on any atom is -0.462 e. The number of aromatic nitrogens is 1. The number of anilines is 1. The van der Waals surface area contributed by atoms with Crippen LogP contribution in [0.1, 0.15) is 22.8 Å². The number of thioether (sulfide) groups is 1. The average molecular weight is 571 g/mol. The molecule has 5 rings (SSSR count). The van der Waals surface area contributed by atoms with E-state index in [-0.39, 0.29) is 12.5 Å². The van der Waals surface area contributed by atoms with Gasteiger partial charge in [0.15, 0.2) is 5.17 Å². The summed E-state index contributed by atoms with van der Waals surface area (Å²) in [7, 11) is 2.08. The minimum atomic E-state index is -0.399. The number of carbonyl (C=O) groups is 2. The highest BCUT2D eigenvalue weighted by Crippen LogP contribution is 2.37. The molecule has 3 aromatic rings. The average Bonchev–Trinajstić information content (AvgIpc) is 3.24. The first-order valence-electron chi connectivity index (χ1n) is 12.1. The number of fused-ring (bicyclic) bond motifs is 1. The third-order valence-corrected chi connectivity index (χ3v) is 7.80. The third kappa shape index (κ3) is 5.51. The van der Waals surface area contributed by atoms with E-state index in [2.05, 4.69) is 32.1 Å². The summed E-state index contributed by atoms with van der Waals surface area (Å²) >= 11 is 13.7. The molecule has 0 atom stereocenters. The molecule has 0 spiro atoms. The molecule has 2 aliphatic rings. The number of aliphatic imine (C=N–C) groups is 1. The van der Waals surface area contributed by atoms with Crippen LogP contribution in [0, 0.1) is 0 Å². The van der Waals surface area contributed by atoms with Crippen molar-refractivity contribution in [2.45, 2.75) is 6.92 Å². The number of nitrogens with zero attached hydrogens (tertiary/aromatic N) is 4. The van der Waals surface area contributed by atoms with Crippen LogP contribution in [0.25, 0.3) is 17.0 Å². The smallest absolute Gasteiger partial charge is 0.341 e. The number of esters is 1. The number of halogens is 2. The Labute approximate surface area is 234 Å². The summed E-state index contributed by atoms with van der Waals surface area (Å²) in [5.41, 5.74) is 3.20. The van der Waals surface area contributed by atoms with Crippen molar-refractivity contribution in [1.82, 2.24) is 15.2 Å². The largest absolute Gasteiger partial charge is 0.462 e. The summed E-state index contributed by atoms with van der Waals surface area (Å²) < 4.78 is 5.34. The van der Waals surface area contributed by atoms with Crippen molar-refractivity contribution < 1.29 is 14.3 Å². The SMILES string of the molecule is CCOC(=O)c1cnc2ccc(/C=C3\SC(=Nc4c(Cl)cccc4Cl)NC3=O)cc2c1N1CCN(C)CC1. The lowest BCUT2D eigenvalue weighted by molar-refractivity contribution is -0.115. The highest BCUT2D eigenvalue weighted by atomic mass is 35.5. The Morgan fingerprint density at radius 3 is 2.63 bits per heavy atom. The van der Waals surface area contributed by atoms with Crippen molar-refractivity contribution in [3.05, 3.63) is 68.7 Å². The molecule has 0 radical (unpaired) electrons.